The van der Waals surface area contributed by atoms with Crippen LogP contribution in [0, 0.1) is 5.92 Å². The zero-order valence-corrected chi connectivity index (χ0v) is 16.0. The fourth-order valence-corrected chi connectivity index (χ4v) is 3.54. The van der Waals surface area contributed by atoms with Gasteiger partial charge in [-0.05, 0) is 49.9 Å². The Bertz CT molecular complexity index is 477. The summed E-state index contributed by atoms with van der Waals surface area (Å²) >= 11 is 0. The van der Waals surface area contributed by atoms with Gasteiger partial charge in [-0.2, -0.15) is 0 Å². The van der Waals surface area contributed by atoms with E-state index in [0.717, 1.165) is 38.0 Å². The van der Waals surface area contributed by atoms with Crippen molar-refractivity contribution >= 4 is 11.6 Å². The number of nitrogens with one attached hydrogen (secondary N) is 2. The summed E-state index contributed by atoms with van der Waals surface area (Å²) in [6.45, 7) is 4.11. The fourth-order valence-electron chi connectivity index (χ4n) is 3.54. The van der Waals surface area contributed by atoms with Crippen molar-refractivity contribution < 1.29 is 4.79 Å². The third-order valence-electron chi connectivity index (χ3n) is 5.21. The predicted octanol–water partition coefficient (Wildman–Crippen LogP) is 5.31. The Labute approximate surface area is 154 Å². The van der Waals surface area contributed by atoms with Crippen molar-refractivity contribution in [2.24, 2.45) is 5.92 Å². The first kappa shape index (κ1) is 20.0. The highest BCUT2D eigenvalue weighted by Gasteiger charge is 2.20. The van der Waals surface area contributed by atoms with Crippen LogP contribution in [0.3, 0.4) is 0 Å². The molecule has 0 aromatic heterocycles. The van der Waals surface area contributed by atoms with E-state index in [-0.39, 0.29) is 11.8 Å². The summed E-state index contributed by atoms with van der Waals surface area (Å²) in [5.74, 6) is 0.272. The third kappa shape index (κ3) is 8.04. The first-order chi connectivity index (χ1) is 12.3. The number of aryl methyl sites for hydroxylation is 1. The molecule has 3 heteroatoms. The first-order valence-electron chi connectivity index (χ1n) is 10.4. The van der Waals surface area contributed by atoms with Crippen LogP contribution in [0.2, 0.25) is 0 Å². The van der Waals surface area contributed by atoms with Crippen LogP contribution < -0.4 is 10.6 Å². The molecule has 1 fully saturated rings. The Morgan fingerprint density at radius 1 is 1.04 bits per heavy atom. The van der Waals surface area contributed by atoms with Gasteiger partial charge in [0.1, 0.15) is 0 Å². The minimum absolute atomic E-state index is 0.116. The summed E-state index contributed by atoms with van der Waals surface area (Å²) in [5.41, 5.74) is 2.30. The predicted molar refractivity (Wildman–Crippen MR) is 107 cm³/mol. The topological polar surface area (TPSA) is 41.1 Å². The van der Waals surface area contributed by atoms with Gasteiger partial charge in [-0.1, -0.05) is 64.0 Å². The summed E-state index contributed by atoms with van der Waals surface area (Å²) in [5, 5.41) is 6.36. The lowest BCUT2D eigenvalue weighted by molar-refractivity contribution is -0.120. The zero-order chi connectivity index (χ0) is 17.7. The van der Waals surface area contributed by atoms with Crippen LogP contribution in [0.15, 0.2) is 24.3 Å². The Hall–Kier alpha value is -1.35. The van der Waals surface area contributed by atoms with E-state index < -0.39 is 0 Å². The number of piperidine rings is 1. The van der Waals surface area contributed by atoms with Crippen LogP contribution in [0.1, 0.15) is 76.7 Å². The molecule has 0 saturated carbocycles. The Morgan fingerprint density at radius 2 is 1.72 bits per heavy atom. The third-order valence-corrected chi connectivity index (χ3v) is 5.21. The van der Waals surface area contributed by atoms with Crippen LogP contribution in [-0.2, 0) is 11.2 Å². The molecule has 1 aromatic rings. The highest BCUT2D eigenvalue weighted by atomic mass is 16.1. The quantitative estimate of drug-likeness (QED) is 0.534. The van der Waals surface area contributed by atoms with Crippen molar-refractivity contribution in [2.75, 3.05) is 18.4 Å². The molecule has 0 unspecified atom stereocenters. The monoisotopic (exact) mass is 344 g/mol. The zero-order valence-electron chi connectivity index (χ0n) is 16.0. The van der Waals surface area contributed by atoms with E-state index in [1.807, 2.05) is 12.1 Å². The van der Waals surface area contributed by atoms with E-state index in [1.54, 1.807) is 0 Å². The number of amides is 1. The molecule has 1 atom stereocenters. The second-order valence-electron chi connectivity index (χ2n) is 7.45. The lowest BCUT2D eigenvalue weighted by Gasteiger charge is -2.21. The molecule has 0 spiro atoms. The lowest BCUT2D eigenvalue weighted by atomic mass is 9.98. The molecule has 0 aliphatic carbocycles. The largest absolute Gasteiger partial charge is 0.326 e. The maximum atomic E-state index is 12.2. The molecular weight excluding hydrogens is 308 g/mol. The normalized spacial score (nSPS) is 17.4. The van der Waals surface area contributed by atoms with Gasteiger partial charge in [0, 0.05) is 12.2 Å². The summed E-state index contributed by atoms with van der Waals surface area (Å²) in [4.78, 5) is 12.2. The SMILES string of the molecule is CCCCCCCCCCc1ccc(NC(=O)[C@@H]2CCCNC2)cc1. The molecule has 1 heterocycles. The summed E-state index contributed by atoms with van der Waals surface area (Å²) < 4.78 is 0. The molecule has 1 saturated heterocycles. The molecule has 1 aliphatic rings. The highest BCUT2D eigenvalue weighted by Crippen LogP contribution is 2.16. The second kappa shape index (κ2) is 12.1. The number of carbonyl (C=O) groups excluding carboxylic acids is 1. The molecular formula is C22H36N2O. The average Bonchev–Trinajstić information content (AvgIpc) is 2.66. The van der Waals surface area contributed by atoms with Gasteiger partial charge < -0.3 is 10.6 Å². The first-order valence-corrected chi connectivity index (χ1v) is 10.4. The van der Waals surface area contributed by atoms with Gasteiger partial charge in [0.15, 0.2) is 0 Å². The van der Waals surface area contributed by atoms with E-state index in [0.29, 0.717) is 0 Å². The maximum absolute atomic E-state index is 12.2. The molecule has 2 rings (SSSR count). The van der Waals surface area contributed by atoms with Crippen molar-refractivity contribution in [1.29, 1.82) is 0 Å². The van der Waals surface area contributed by atoms with E-state index in [9.17, 15) is 4.79 Å². The minimum atomic E-state index is 0.116. The fraction of sp³-hybridized carbons (Fsp3) is 0.682. The van der Waals surface area contributed by atoms with Gasteiger partial charge in [-0.15, -0.1) is 0 Å². The van der Waals surface area contributed by atoms with Gasteiger partial charge in [-0.25, -0.2) is 0 Å². The van der Waals surface area contributed by atoms with Crippen LogP contribution in [-0.4, -0.2) is 19.0 Å². The van der Waals surface area contributed by atoms with Crippen LogP contribution in [0.4, 0.5) is 5.69 Å². The van der Waals surface area contributed by atoms with E-state index in [4.69, 9.17) is 0 Å². The number of rotatable bonds is 11. The van der Waals surface area contributed by atoms with Gasteiger partial charge in [0.2, 0.25) is 5.91 Å². The smallest absolute Gasteiger partial charge is 0.228 e. The van der Waals surface area contributed by atoms with Crippen molar-refractivity contribution in [3.63, 3.8) is 0 Å². The van der Waals surface area contributed by atoms with E-state index >= 15 is 0 Å². The Morgan fingerprint density at radius 3 is 2.36 bits per heavy atom. The molecule has 1 aromatic carbocycles. The molecule has 2 N–H and O–H groups in total. The van der Waals surface area contributed by atoms with Crippen molar-refractivity contribution in [3.05, 3.63) is 29.8 Å². The van der Waals surface area contributed by atoms with E-state index in [2.05, 4.69) is 29.7 Å². The van der Waals surface area contributed by atoms with Crippen LogP contribution in [0.25, 0.3) is 0 Å². The van der Waals surface area contributed by atoms with Gasteiger partial charge in [0.25, 0.3) is 0 Å². The lowest BCUT2D eigenvalue weighted by Crippen LogP contribution is -2.37. The summed E-state index contributed by atoms with van der Waals surface area (Å²) in [6.07, 6.45) is 14.1. The number of benzene rings is 1. The van der Waals surface area contributed by atoms with Crippen molar-refractivity contribution in [1.82, 2.24) is 5.32 Å². The standard InChI is InChI=1S/C22H36N2O/c1-2-3-4-5-6-7-8-9-11-19-13-15-21(16-14-19)24-22(25)20-12-10-17-23-18-20/h13-16,20,23H,2-12,17-18H2,1H3,(H,24,25)/t20-/m1/s1. The van der Waals surface area contributed by atoms with Gasteiger partial charge in [0.05, 0.1) is 5.92 Å². The highest BCUT2D eigenvalue weighted by molar-refractivity contribution is 5.92. The second-order valence-corrected chi connectivity index (χ2v) is 7.45. The number of unbranched alkanes of at least 4 members (excludes halogenated alkanes) is 7. The van der Waals surface area contributed by atoms with Crippen LogP contribution >= 0.6 is 0 Å². The van der Waals surface area contributed by atoms with Gasteiger partial charge in [-0.3, -0.25) is 4.79 Å². The maximum Gasteiger partial charge on any atom is 0.228 e. The van der Waals surface area contributed by atoms with E-state index in [1.165, 1.54) is 56.9 Å². The average molecular weight is 345 g/mol. The molecule has 1 aliphatic heterocycles. The summed E-state index contributed by atoms with van der Waals surface area (Å²) in [7, 11) is 0. The number of hydrogen-bond acceptors (Lipinski definition) is 2. The van der Waals surface area contributed by atoms with Crippen LogP contribution in [0.5, 0.6) is 0 Å². The minimum Gasteiger partial charge on any atom is -0.326 e. The molecule has 25 heavy (non-hydrogen) atoms. The van der Waals surface area contributed by atoms with Crippen molar-refractivity contribution in [3.8, 4) is 0 Å². The number of anilines is 1. The molecule has 3 nitrogen and oxygen atoms in total. The molecule has 1 amide bonds. The summed E-state index contributed by atoms with van der Waals surface area (Å²) in [6, 6.07) is 8.43. The van der Waals surface area contributed by atoms with Crippen molar-refractivity contribution in [2.45, 2.75) is 77.6 Å². The van der Waals surface area contributed by atoms with Gasteiger partial charge >= 0.3 is 0 Å². The number of carbonyl (C=O) groups is 1. The molecule has 140 valence electrons. The number of hydrogen-bond donors (Lipinski definition) is 2. The molecule has 0 bridgehead atoms. The Kier molecular flexibility index (Phi) is 9.65. The molecule has 0 radical (unpaired) electrons. The Balaban J connectivity index is 1.60.